The summed E-state index contributed by atoms with van der Waals surface area (Å²) in [6.07, 6.45) is 3.58. The minimum atomic E-state index is -3.60. The van der Waals surface area contributed by atoms with Crippen molar-refractivity contribution in [2.75, 3.05) is 26.2 Å². The van der Waals surface area contributed by atoms with Crippen molar-refractivity contribution in [1.82, 2.24) is 25.0 Å². The molecule has 2 atom stereocenters. The lowest BCUT2D eigenvalue weighted by Crippen LogP contribution is -2.47. The first-order valence-electron chi connectivity index (χ1n) is 13.1. The van der Waals surface area contributed by atoms with Crippen LogP contribution < -0.4 is 0 Å². The van der Waals surface area contributed by atoms with Gasteiger partial charge >= 0.3 is 5.92 Å². The van der Waals surface area contributed by atoms with Crippen molar-refractivity contribution < 1.29 is 22.8 Å². The molecule has 6 rings (SSSR count). The largest absolute Gasteiger partial charge is 0.419 e. The first-order chi connectivity index (χ1) is 18.9. The number of benzene rings is 1. The van der Waals surface area contributed by atoms with Crippen molar-refractivity contribution in [1.29, 1.82) is 0 Å². The van der Waals surface area contributed by atoms with Gasteiger partial charge in [0.05, 0.1) is 27.7 Å². The van der Waals surface area contributed by atoms with Gasteiger partial charge in [-0.05, 0) is 36.8 Å². The van der Waals surface area contributed by atoms with Gasteiger partial charge in [-0.25, -0.2) is 0 Å². The summed E-state index contributed by atoms with van der Waals surface area (Å²) in [5.41, 5.74) is 0.698. The molecule has 2 amide bonds. The molecule has 3 aromatic rings. The molecule has 0 bridgehead atoms. The third kappa shape index (κ3) is 4.69. The van der Waals surface area contributed by atoms with Crippen LogP contribution in [0.15, 0.2) is 34.3 Å². The lowest BCUT2D eigenvalue weighted by molar-refractivity contribution is -0.135. The van der Waals surface area contributed by atoms with Gasteiger partial charge < -0.3 is 14.2 Å². The molecule has 0 radical (unpaired) electrons. The molecule has 3 aliphatic rings. The number of carbonyl (C=O) groups is 2. The first kappa shape index (κ1) is 27.5. The van der Waals surface area contributed by atoms with Crippen LogP contribution in [0.4, 0.5) is 8.78 Å². The van der Waals surface area contributed by atoms with Crippen LogP contribution >= 0.6 is 34.5 Å². The Morgan fingerprint density at radius 1 is 1.12 bits per heavy atom. The van der Waals surface area contributed by atoms with Gasteiger partial charge in [-0.1, -0.05) is 43.1 Å². The highest BCUT2D eigenvalue weighted by Gasteiger charge is 2.56. The Morgan fingerprint density at radius 2 is 1.85 bits per heavy atom. The lowest BCUT2D eigenvalue weighted by Gasteiger charge is -2.41. The number of halogens is 4. The Bertz CT molecular complexity index is 1460. The second-order valence-corrected chi connectivity index (χ2v) is 13.4. The topological polar surface area (TPSA) is 92.4 Å². The van der Waals surface area contributed by atoms with E-state index in [0.29, 0.717) is 37.4 Å². The summed E-state index contributed by atoms with van der Waals surface area (Å²) in [4.78, 5) is 34.5. The molecule has 1 spiro atoms. The lowest BCUT2D eigenvalue weighted by atomic mass is 9.70. The monoisotopic (exact) mass is 609 g/mol. The molecule has 2 saturated heterocycles. The molecule has 2 aliphatic heterocycles. The van der Waals surface area contributed by atoms with Crippen molar-refractivity contribution in [3.63, 3.8) is 0 Å². The number of hydrogen-bond acceptors (Lipinski definition) is 7. The fourth-order valence-electron chi connectivity index (χ4n) is 6.05. The number of aromatic nitrogens is 3. The van der Waals surface area contributed by atoms with Crippen LogP contribution in [0, 0.1) is 16.7 Å². The second kappa shape index (κ2) is 9.73. The number of rotatable bonds is 5. The fourth-order valence-corrected chi connectivity index (χ4v) is 6.93. The zero-order chi connectivity index (χ0) is 28.4. The molecule has 1 saturated carbocycles. The number of piperidine rings is 1. The number of alkyl halides is 2. The minimum absolute atomic E-state index is 0.0126. The van der Waals surface area contributed by atoms with E-state index in [9.17, 15) is 9.59 Å². The van der Waals surface area contributed by atoms with Crippen molar-refractivity contribution in [2.45, 2.75) is 45.0 Å². The number of nitrogens with zero attached hydrogens (tertiary/aromatic N) is 5. The predicted octanol–water partition coefficient (Wildman–Crippen LogP) is 5.87. The molecule has 13 heteroatoms. The van der Waals surface area contributed by atoms with Crippen LogP contribution in [0.2, 0.25) is 10.0 Å². The average molecular weight is 611 g/mol. The van der Waals surface area contributed by atoms with Crippen LogP contribution in [-0.2, 0) is 10.7 Å². The zero-order valence-corrected chi connectivity index (χ0v) is 24.2. The summed E-state index contributed by atoms with van der Waals surface area (Å²) in [7, 11) is 0. The Morgan fingerprint density at radius 3 is 2.48 bits per heavy atom. The van der Waals surface area contributed by atoms with E-state index in [2.05, 4.69) is 29.0 Å². The highest BCUT2D eigenvalue weighted by atomic mass is 35.5. The highest BCUT2D eigenvalue weighted by Crippen LogP contribution is 2.54. The average Bonchev–Trinajstić information content (AvgIpc) is 3.44. The van der Waals surface area contributed by atoms with E-state index >= 15 is 8.78 Å². The normalized spacial score (nSPS) is 23.6. The van der Waals surface area contributed by atoms with E-state index in [-0.39, 0.29) is 45.6 Å². The van der Waals surface area contributed by atoms with Gasteiger partial charge in [-0.15, -0.1) is 21.5 Å². The number of hydrogen-bond donors (Lipinski definition) is 0. The van der Waals surface area contributed by atoms with E-state index < -0.39 is 28.7 Å². The summed E-state index contributed by atoms with van der Waals surface area (Å²) >= 11 is 13.1. The van der Waals surface area contributed by atoms with Crippen LogP contribution in [0.25, 0.3) is 0 Å². The molecule has 4 heterocycles. The third-order valence-electron chi connectivity index (χ3n) is 8.75. The maximum Gasteiger partial charge on any atom is 0.349 e. The Kier molecular flexibility index (Phi) is 6.70. The van der Waals surface area contributed by atoms with E-state index in [1.165, 1.54) is 29.7 Å². The predicted molar refractivity (Wildman–Crippen MR) is 145 cm³/mol. The van der Waals surface area contributed by atoms with Gasteiger partial charge in [0.1, 0.15) is 4.88 Å². The van der Waals surface area contributed by atoms with Crippen LogP contribution in [0.1, 0.15) is 66.0 Å². The van der Waals surface area contributed by atoms with Gasteiger partial charge in [0.15, 0.2) is 0 Å². The maximum absolute atomic E-state index is 15.4. The summed E-state index contributed by atoms with van der Waals surface area (Å²) in [5.74, 6) is -4.85. The Hall–Kier alpha value is -2.63. The van der Waals surface area contributed by atoms with Crippen LogP contribution in [0.5, 0.6) is 0 Å². The molecule has 8 nitrogen and oxygen atoms in total. The van der Waals surface area contributed by atoms with Crippen molar-refractivity contribution in [3.8, 4) is 0 Å². The fraction of sp³-hybridized carbons (Fsp3) is 0.519. The van der Waals surface area contributed by atoms with Crippen LogP contribution in [0.3, 0.4) is 0 Å². The van der Waals surface area contributed by atoms with Crippen LogP contribution in [-0.4, -0.2) is 63.0 Å². The quantitative estimate of drug-likeness (QED) is 0.359. The molecule has 1 aliphatic carbocycles. The maximum atomic E-state index is 15.4. The SMILES string of the molecule is CC1(C)C[C@@H]1C(=O)N1CCC2(CC1)CN(C(=O)c1cncs1)CC2c1nnc(C(F)(F)c2ccc(Cl)c(Cl)c2)o1. The number of thiazole rings is 1. The molecular formula is C27H27Cl2F2N5O3S. The molecular weight excluding hydrogens is 583 g/mol. The highest BCUT2D eigenvalue weighted by molar-refractivity contribution is 7.11. The molecule has 212 valence electrons. The first-order valence-corrected chi connectivity index (χ1v) is 14.7. The Labute approximate surface area is 243 Å². The summed E-state index contributed by atoms with van der Waals surface area (Å²) in [6.45, 7) is 5.86. The van der Waals surface area contributed by atoms with Gasteiger partial charge in [0.2, 0.25) is 11.8 Å². The van der Waals surface area contributed by atoms with Gasteiger partial charge in [0.25, 0.3) is 11.8 Å². The third-order valence-corrected chi connectivity index (χ3v) is 10.3. The van der Waals surface area contributed by atoms with Gasteiger partial charge in [-0.3, -0.25) is 14.6 Å². The van der Waals surface area contributed by atoms with E-state index in [1.54, 1.807) is 10.4 Å². The summed E-state index contributed by atoms with van der Waals surface area (Å²) < 4.78 is 36.5. The number of likely N-dealkylation sites (tertiary alicyclic amines) is 2. The second-order valence-electron chi connectivity index (χ2n) is 11.7. The van der Waals surface area contributed by atoms with Crippen molar-refractivity contribution in [2.24, 2.45) is 16.7 Å². The Balaban J connectivity index is 1.28. The molecule has 0 N–H and O–H groups in total. The number of carbonyl (C=O) groups excluding carboxylic acids is 2. The summed E-state index contributed by atoms with van der Waals surface area (Å²) in [5, 5.41) is 7.94. The molecule has 40 heavy (non-hydrogen) atoms. The standard InChI is InChI=1S/C27H27Cl2F2N5O3S/c1-25(2)10-16(25)22(37)35-7-5-26(6-8-35)13-36(23(38)20-11-32-14-40-20)12-17(26)21-33-34-24(39-21)27(30,31)15-3-4-18(28)19(29)9-15/h3-4,9,11,14,16-17H,5-8,10,12-13H2,1-2H3/t16-,17?/m1/s1. The molecule has 2 aromatic heterocycles. The minimum Gasteiger partial charge on any atom is -0.419 e. The number of amides is 2. The molecule has 1 aromatic carbocycles. The van der Waals surface area contributed by atoms with Crippen molar-refractivity contribution >= 4 is 46.4 Å². The van der Waals surface area contributed by atoms with Gasteiger partial charge in [0, 0.05) is 43.1 Å². The zero-order valence-electron chi connectivity index (χ0n) is 21.9. The van der Waals surface area contributed by atoms with E-state index in [1.807, 2.05) is 4.90 Å². The van der Waals surface area contributed by atoms with Gasteiger partial charge in [-0.2, -0.15) is 8.78 Å². The molecule has 3 fully saturated rings. The molecule has 1 unspecified atom stereocenters. The summed E-state index contributed by atoms with van der Waals surface area (Å²) in [6, 6.07) is 3.53. The van der Waals surface area contributed by atoms with E-state index in [4.69, 9.17) is 27.6 Å². The van der Waals surface area contributed by atoms with Crippen molar-refractivity contribution in [3.05, 3.63) is 62.2 Å². The smallest absolute Gasteiger partial charge is 0.349 e. The van der Waals surface area contributed by atoms with E-state index in [0.717, 1.165) is 12.5 Å².